The van der Waals surface area contributed by atoms with Crippen molar-refractivity contribution in [3.8, 4) is 11.3 Å². The average Bonchev–Trinajstić information content (AvgIpc) is 2.94. The highest BCUT2D eigenvalue weighted by Gasteiger charge is 2.08. The molecule has 0 aliphatic rings. The van der Waals surface area contributed by atoms with E-state index in [0.29, 0.717) is 11.7 Å². The fraction of sp³-hybridized carbons (Fsp3) is 0.286. The summed E-state index contributed by atoms with van der Waals surface area (Å²) in [7, 11) is -3.09. The Morgan fingerprint density at radius 2 is 1.95 bits per heavy atom. The van der Waals surface area contributed by atoms with Crippen molar-refractivity contribution in [2.24, 2.45) is 0 Å². The van der Waals surface area contributed by atoms with Gasteiger partial charge in [0.15, 0.2) is 5.76 Å². The lowest BCUT2D eigenvalue weighted by Crippen LogP contribution is -2.37. The second-order valence-electron chi connectivity index (χ2n) is 4.72. The lowest BCUT2D eigenvalue weighted by Gasteiger charge is -2.05. The molecular formula is C14H17N3O4S. The van der Waals surface area contributed by atoms with Crippen LogP contribution in [0.4, 0.5) is 4.79 Å². The highest BCUT2D eigenvalue weighted by molar-refractivity contribution is 7.90. The zero-order valence-electron chi connectivity index (χ0n) is 12.1. The van der Waals surface area contributed by atoms with Crippen LogP contribution in [0, 0.1) is 0 Å². The molecule has 0 atom stereocenters. The fourth-order valence-corrected chi connectivity index (χ4v) is 2.17. The summed E-state index contributed by atoms with van der Waals surface area (Å²) >= 11 is 0. The lowest BCUT2D eigenvalue weighted by atomic mass is 10.2. The Morgan fingerprint density at radius 1 is 1.23 bits per heavy atom. The number of benzene rings is 1. The van der Waals surface area contributed by atoms with Crippen LogP contribution in [0.2, 0.25) is 0 Å². The van der Waals surface area contributed by atoms with Gasteiger partial charge in [-0.05, 0) is 0 Å². The third kappa shape index (κ3) is 5.21. The van der Waals surface area contributed by atoms with Gasteiger partial charge in [0.2, 0.25) is 5.89 Å². The molecule has 1 aromatic carbocycles. The van der Waals surface area contributed by atoms with Crippen LogP contribution in [0.3, 0.4) is 0 Å². The monoisotopic (exact) mass is 323 g/mol. The van der Waals surface area contributed by atoms with Crippen molar-refractivity contribution >= 4 is 15.9 Å². The summed E-state index contributed by atoms with van der Waals surface area (Å²) < 4.78 is 27.4. The van der Waals surface area contributed by atoms with Gasteiger partial charge < -0.3 is 15.1 Å². The Kier molecular flexibility index (Phi) is 5.16. The summed E-state index contributed by atoms with van der Waals surface area (Å²) in [6.07, 6.45) is 2.71. The van der Waals surface area contributed by atoms with Crippen molar-refractivity contribution in [1.29, 1.82) is 0 Å². The second kappa shape index (κ2) is 7.08. The van der Waals surface area contributed by atoms with Gasteiger partial charge in [-0.1, -0.05) is 30.3 Å². The summed E-state index contributed by atoms with van der Waals surface area (Å²) in [6.45, 7) is 0.184. The van der Waals surface area contributed by atoms with Crippen LogP contribution < -0.4 is 10.6 Å². The van der Waals surface area contributed by atoms with Gasteiger partial charge in [-0.3, -0.25) is 0 Å². The summed E-state index contributed by atoms with van der Waals surface area (Å²) in [6, 6.07) is 9.02. The topological polar surface area (TPSA) is 101 Å². The van der Waals surface area contributed by atoms with E-state index in [1.165, 1.54) is 0 Å². The number of hydrogen-bond acceptors (Lipinski definition) is 5. The fourth-order valence-electron chi connectivity index (χ4n) is 1.70. The van der Waals surface area contributed by atoms with Crippen LogP contribution in [0.5, 0.6) is 0 Å². The van der Waals surface area contributed by atoms with Crippen molar-refractivity contribution in [1.82, 2.24) is 15.6 Å². The molecule has 0 aliphatic carbocycles. The van der Waals surface area contributed by atoms with Crippen molar-refractivity contribution < 1.29 is 17.6 Å². The van der Waals surface area contributed by atoms with Crippen LogP contribution in [0.25, 0.3) is 11.3 Å². The number of rotatable bonds is 6. The van der Waals surface area contributed by atoms with Gasteiger partial charge >= 0.3 is 6.03 Å². The number of nitrogens with one attached hydrogen (secondary N) is 2. The van der Waals surface area contributed by atoms with E-state index < -0.39 is 15.9 Å². The molecule has 0 saturated carbocycles. The average molecular weight is 323 g/mol. The van der Waals surface area contributed by atoms with E-state index in [1.807, 2.05) is 30.3 Å². The minimum atomic E-state index is -3.09. The van der Waals surface area contributed by atoms with Crippen LogP contribution in [-0.4, -0.2) is 38.0 Å². The number of sulfone groups is 1. The normalized spacial score (nSPS) is 11.1. The molecule has 0 fully saturated rings. The standard InChI is InChI=1S/C14H17N3O4S/c1-22(19,20)8-7-15-14(18)17-10-13-16-9-12(21-13)11-5-3-2-4-6-11/h2-6,9H,7-8,10H2,1H3,(H2,15,17,18). The Hall–Kier alpha value is -2.35. The van der Waals surface area contributed by atoms with E-state index in [0.717, 1.165) is 11.8 Å². The number of aromatic nitrogens is 1. The number of amides is 2. The first-order valence-electron chi connectivity index (χ1n) is 6.63. The van der Waals surface area contributed by atoms with Crippen molar-refractivity contribution in [3.63, 3.8) is 0 Å². The maximum Gasteiger partial charge on any atom is 0.315 e. The SMILES string of the molecule is CS(=O)(=O)CCNC(=O)NCc1ncc(-c2ccccc2)o1. The largest absolute Gasteiger partial charge is 0.439 e. The Labute approximate surface area is 128 Å². The summed E-state index contributed by atoms with van der Waals surface area (Å²) in [5.74, 6) is 0.893. The van der Waals surface area contributed by atoms with Crippen molar-refractivity contribution in [2.75, 3.05) is 18.6 Å². The molecule has 0 spiro atoms. The third-order valence-electron chi connectivity index (χ3n) is 2.77. The minimum Gasteiger partial charge on any atom is -0.439 e. The molecule has 8 heteroatoms. The van der Waals surface area contributed by atoms with Gasteiger partial charge in [-0.2, -0.15) is 0 Å². The predicted octanol–water partition coefficient (Wildman–Crippen LogP) is 1.19. The van der Waals surface area contributed by atoms with Gasteiger partial charge in [-0.15, -0.1) is 0 Å². The first kappa shape index (κ1) is 16.0. The second-order valence-corrected chi connectivity index (χ2v) is 6.98. The van der Waals surface area contributed by atoms with Crippen LogP contribution in [-0.2, 0) is 16.4 Å². The van der Waals surface area contributed by atoms with E-state index in [4.69, 9.17) is 4.42 Å². The van der Waals surface area contributed by atoms with Crippen molar-refractivity contribution in [3.05, 3.63) is 42.4 Å². The molecule has 2 amide bonds. The molecule has 2 aromatic rings. The van der Waals surface area contributed by atoms with E-state index in [9.17, 15) is 13.2 Å². The Bertz CT molecular complexity index is 726. The van der Waals surface area contributed by atoms with E-state index >= 15 is 0 Å². The van der Waals surface area contributed by atoms with Gasteiger partial charge in [0.05, 0.1) is 18.5 Å². The lowest BCUT2D eigenvalue weighted by molar-refractivity contribution is 0.240. The maximum absolute atomic E-state index is 11.5. The molecule has 0 aliphatic heterocycles. The first-order valence-corrected chi connectivity index (χ1v) is 8.69. The van der Waals surface area contributed by atoms with Crippen LogP contribution in [0.15, 0.2) is 40.9 Å². The Balaban J connectivity index is 1.80. The number of oxazole rings is 1. The molecule has 1 heterocycles. The zero-order valence-corrected chi connectivity index (χ0v) is 12.9. The molecule has 118 valence electrons. The molecule has 0 saturated heterocycles. The molecule has 7 nitrogen and oxygen atoms in total. The molecule has 1 aromatic heterocycles. The molecule has 0 unspecified atom stereocenters. The van der Waals surface area contributed by atoms with Gasteiger partial charge in [-0.25, -0.2) is 18.2 Å². The molecular weight excluding hydrogens is 306 g/mol. The molecule has 2 N–H and O–H groups in total. The number of carbonyl (C=O) groups excluding carboxylic acids is 1. The highest BCUT2D eigenvalue weighted by Crippen LogP contribution is 2.19. The quantitative estimate of drug-likeness (QED) is 0.831. The number of hydrogen-bond donors (Lipinski definition) is 2. The minimum absolute atomic E-state index is 0.0610. The summed E-state index contributed by atoms with van der Waals surface area (Å²) in [5.41, 5.74) is 0.902. The van der Waals surface area contributed by atoms with Gasteiger partial charge in [0.1, 0.15) is 9.84 Å². The maximum atomic E-state index is 11.5. The molecule has 0 radical (unpaired) electrons. The number of nitrogens with zero attached hydrogens (tertiary/aromatic N) is 1. The van der Waals surface area contributed by atoms with Gasteiger partial charge in [0.25, 0.3) is 0 Å². The molecule has 0 bridgehead atoms. The summed E-state index contributed by atoms with van der Waals surface area (Å²) in [5, 5.41) is 5.00. The summed E-state index contributed by atoms with van der Waals surface area (Å²) in [4.78, 5) is 15.6. The Morgan fingerprint density at radius 3 is 2.64 bits per heavy atom. The highest BCUT2D eigenvalue weighted by atomic mass is 32.2. The third-order valence-corrected chi connectivity index (χ3v) is 3.72. The van der Waals surface area contributed by atoms with Crippen LogP contribution >= 0.6 is 0 Å². The number of carbonyl (C=O) groups is 1. The van der Waals surface area contributed by atoms with E-state index in [2.05, 4.69) is 15.6 Å². The van der Waals surface area contributed by atoms with E-state index in [1.54, 1.807) is 6.20 Å². The first-order chi connectivity index (χ1) is 10.4. The smallest absolute Gasteiger partial charge is 0.315 e. The van der Waals surface area contributed by atoms with Gasteiger partial charge in [0, 0.05) is 18.4 Å². The zero-order chi connectivity index (χ0) is 16.0. The predicted molar refractivity (Wildman–Crippen MR) is 81.9 cm³/mol. The van der Waals surface area contributed by atoms with Crippen LogP contribution in [0.1, 0.15) is 5.89 Å². The molecule has 22 heavy (non-hydrogen) atoms. The molecule has 2 rings (SSSR count). The van der Waals surface area contributed by atoms with E-state index in [-0.39, 0.29) is 18.8 Å². The number of urea groups is 1. The van der Waals surface area contributed by atoms with Crippen molar-refractivity contribution in [2.45, 2.75) is 6.54 Å².